The van der Waals surface area contributed by atoms with Crippen molar-refractivity contribution in [2.45, 2.75) is 32.5 Å². The number of alkyl carbamates (subject to hydrolysis) is 1. The average molecular weight is 482 g/mol. The van der Waals surface area contributed by atoms with E-state index in [1.54, 1.807) is 20.8 Å². The Hall–Kier alpha value is -3.74. The Kier molecular flexibility index (Phi) is 9.74. The van der Waals surface area contributed by atoms with Crippen LogP contribution in [0.15, 0.2) is 30.1 Å². The van der Waals surface area contributed by atoms with Crippen molar-refractivity contribution in [1.82, 2.24) is 15.2 Å². The maximum absolute atomic E-state index is 13.5. The molecule has 1 unspecified atom stereocenters. The normalized spacial score (nSPS) is 16.3. The van der Waals surface area contributed by atoms with E-state index in [2.05, 4.69) is 26.8 Å². The number of hydrogen-bond acceptors (Lipinski definition) is 10. The molecule has 1 aliphatic heterocycles. The molecule has 188 valence electrons. The highest BCUT2D eigenvalue weighted by Crippen LogP contribution is 2.17. The fourth-order valence-electron chi connectivity index (χ4n) is 2.76. The highest BCUT2D eigenvalue weighted by atomic mass is 16.8. The van der Waals surface area contributed by atoms with E-state index in [0.717, 1.165) is 7.11 Å². The lowest BCUT2D eigenvalue weighted by Crippen LogP contribution is -2.58. The Balaban J connectivity index is 2.32. The summed E-state index contributed by atoms with van der Waals surface area (Å²) in [6, 6.07) is 1.50. The summed E-state index contributed by atoms with van der Waals surface area (Å²) in [7, 11) is 1.15. The molecule has 13 heteroatoms. The van der Waals surface area contributed by atoms with Crippen LogP contribution in [-0.4, -0.2) is 80.1 Å². The molecule has 1 saturated heterocycles. The predicted molar refractivity (Wildman–Crippen MR) is 117 cm³/mol. The van der Waals surface area contributed by atoms with Gasteiger partial charge in [-0.2, -0.15) is 0 Å². The topological polar surface area (TPSA) is 150 Å². The molecule has 2 N–H and O–H groups in total. The summed E-state index contributed by atoms with van der Waals surface area (Å²) in [5.41, 5.74) is -0.737. The number of nitrogens with one attached hydrogen (secondary N) is 2. The van der Waals surface area contributed by atoms with Crippen molar-refractivity contribution in [2.75, 3.05) is 40.3 Å². The van der Waals surface area contributed by atoms with Crippen LogP contribution < -0.4 is 15.4 Å². The van der Waals surface area contributed by atoms with Gasteiger partial charge in [0.05, 0.1) is 20.3 Å². The largest absolute Gasteiger partial charge is 0.510 e. The predicted octanol–water partition coefficient (Wildman–Crippen LogP) is 1.48. The first-order valence-corrected chi connectivity index (χ1v) is 10.4. The minimum absolute atomic E-state index is 0.0187. The zero-order chi connectivity index (χ0) is 25.1. The fourth-order valence-corrected chi connectivity index (χ4v) is 2.76. The van der Waals surface area contributed by atoms with Crippen LogP contribution in [0.2, 0.25) is 0 Å². The molecule has 2 heterocycles. The van der Waals surface area contributed by atoms with E-state index in [9.17, 15) is 14.4 Å². The van der Waals surface area contributed by atoms with E-state index in [-0.39, 0.29) is 43.2 Å². The molecule has 0 spiro atoms. The maximum Gasteiger partial charge on any atom is 0.510 e. The number of rotatable bonds is 8. The molecule has 0 bridgehead atoms. The van der Waals surface area contributed by atoms with Crippen molar-refractivity contribution in [3.8, 4) is 5.75 Å². The summed E-state index contributed by atoms with van der Waals surface area (Å²) < 4.78 is 25.4. The van der Waals surface area contributed by atoms with Crippen molar-refractivity contribution in [1.29, 1.82) is 0 Å². The van der Waals surface area contributed by atoms with Gasteiger partial charge in [-0.25, -0.2) is 9.59 Å². The number of H-pyrrole nitrogens is 1. The highest BCUT2D eigenvalue weighted by Gasteiger charge is 2.33. The Morgan fingerprint density at radius 1 is 1.38 bits per heavy atom. The number of morpholine rings is 1. The van der Waals surface area contributed by atoms with Gasteiger partial charge in [0.1, 0.15) is 29.4 Å². The molecule has 0 aliphatic carbocycles. The van der Waals surface area contributed by atoms with Crippen molar-refractivity contribution >= 4 is 18.2 Å². The molecule has 1 aromatic rings. The van der Waals surface area contributed by atoms with Gasteiger partial charge in [0.2, 0.25) is 6.79 Å². The first-order chi connectivity index (χ1) is 16.2. The number of pyridine rings is 1. The van der Waals surface area contributed by atoms with Gasteiger partial charge in [0.25, 0.3) is 5.91 Å². The van der Waals surface area contributed by atoms with Crippen molar-refractivity contribution in [3.63, 3.8) is 0 Å². The monoisotopic (exact) mass is 482 g/mol. The van der Waals surface area contributed by atoms with Gasteiger partial charge in [-0.3, -0.25) is 10.1 Å². The molecular formula is C21H30N4O9. The highest BCUT2D eigenvalue weighted by molar-refractivity contribution is 5.95. The average Bonchev–Trinajstić information content (AvgIpc) is 2.78. The second-order valence-electron chi connectivity index (χ2n) is 7.84. The summed E-state index contributed by atoms with van der Waals surface area (Å²) in [4.78, 5) is 46.4. The van der Waals surface area contributed by atoms with E-state index in [1.165, 1.54) is 23.2 Å². The number of amides is 2. The van der Waals surface area contributed by atoms with E-state index in [4.69, 9.17) is 23.8 Å². The smallest absolute Gasteiger partial charge is 0.452 e. The number of aromatic amines is 1. The second kappa shape index (κ2) is 12.5. The third kappa shape index (κ3) is 7.99. The summed E-state index contributed by atoms with van der Waals surface area (Å²) in [5, 5.41) is 6.73. The fraction of sp³-hybridized carbons (Fsp3) is 0.524. The number of ether oxygens (including phenoxy) is 5. The minimum Gasteiger partial charge on any atom is -0.452 e. The third-order valence-corrected chi connectivity index (χ3v) is 4.12. The molecule has 13 nitrogen and oxygen atoms in total. The van der Waals surface area contributed by atoms with E-state index in [0.29, 0.717) is 0 Å². The van der Waals surface area contributed by atoms with Gasteiger partial charge in [-0.1, -0.05) is 17.8 Å². The van der Waals surface area contributed by atoms with Crippen LogP contribution in [0.1, 0.15) is 31.3 Å². The molecule has 0 saturated carbocycles. The number of hydrogen-bond donors (Lipinski definition) is 2. The van der Waals surface area contributed by atoms with Crippen LogP contribution >= 0.6 is 0 Å². The molecule has 0 radical (unpaired) electrons. The lowest BCUT2D eigenvalue weighted by Gasteiger charge is -2.36. The Labute approximate surface area is 196 Å². The SMILES string of the molecule is C=CCO/N=c1\cc[nH]c(C(=O)N2CCOCC2NC(=O)OC(C)(C)C)c1OCOC(=O)OC. The number of carbonyl (C=O) groups excluding carboxylic acids is 3. The summed E-state index contributed by atoms with van der Waals surface area (Å²) >= 11 is 0. The van der Waals surface area contributed by atoms with Gasteiger partial charge in [-0.05, 0) is 26.8 Å². The minimum atomic E-state index is -0.969. The first-order valence-electron chi connectivity index (χ1n) is 10.4. The van der Waals surface area contributed by atoms with Crippen LogP contribution in [0.4, 0.5) is 9.59 Å². The van der Waals surface area contributed by atoms with Crippen LogP contribution in [0.3, 0.4) is 0 Å². The lowest BCUT2D eigenvalue weighted by atomic mass is 10.2. The summed E-state index contributed by atoms with van der Waals surface area (Å²) in [5.74, 6) is -0.568. The first kappa shape index (κ1) is 26.5. The van der Waals surface area contributed by atoms with Crippen LogP contribution in [-0.2, 0) is 23.8 Å². The second-order valence-corrected chi connectivity index (χ2v) is 7.84. The van der Waals surface area contributed by atoms with Crippen LogP contribution in [0, 0.1) is 0 Å². The van der Waals surface area contributed by atoms with Crippen molar-refractivity contribution < 1.29 is 42.9 Å². The molecular weight excluding hydrogens is 452 g/mol. The molecule has 2 amide bonds. The van der Waals surface area contributed by atoms with E-state index < -0.39 is 36.7 Å². The van der Waals surface area contributed by atoms with Crippen molar-refractivity contribution in [2.24, 2.45) is 5.16 Å². The van der Waals surface area contributed by atoms with Gasteiger partial charge < -0.3 is 38.4 Å². The van der Waals surface area contributed by atoms with Gasteiger partial charge in [-0.15, -0.1) is 0 Å². The maximum atomic E-state index is 13.5. The summed E-state index contributed by atoms with van der Waals surface area (Å²) in [6.45, 7) is 8.77. The lowest BCUT2D eigenvalue weighted by molar-refractivity contribution is -0.0186. The van der Waals surface area contributed by atoms with Gasteiger partial charge >= 0.3 is 12.2 Å². The third-order valence-electron chi connectivity index (χ3n) is 4.12. The molecule has 1 aliphatic rings. The summed E-state index contributed by atoms with van der Waals surface area (Å²) in [6.07, 6.45) is 0.486. The van der Waals surface area contributed by atoms with E-state index >= 15 is 0 Å². The number of carbonyl (C=O) groups is 3. The van der Waals surface area contributed by atoms with Gasteiger partial charge in [0, 0.05) is 12.7 Å². The zero-order valence-electron chi connectivity index (χ0n) is 19.6. The molecule has 0 aromatic carbocycles. The van der Waals surface area contributed by atoms with Crippen molar-refractivity contribution in [3.05, 3.63) is 36.0 Å². The van der Waals surface area contributed by atoms with Gasteiger partial charge in [0.15, 0.2) is 5.75 Å². The Morgan fingerprint density at radius 2 is 2.15 bits per heavy atom. The van der Waals surface area contributed by atoms with Crippen LogP contribution in [0.25, 0.3) is 0 Å². The van der Waals surface area contributed by atoms with Crippen LogP contribution in [0.5, 0.6) is 5.75 Å². The molecule has 34 heavy (non-hydrogen) atoms. The molecule has 1 atom stereocenters. The molecule has 1 aromatic heterocycles. The van der Waals surface area contributed by atoms with E-state index in [1.807, 2.05) is 0 Å². The standard InChI is InChI=1S/C21H30N4O9/c1-6-10-33-24-14-7-8-22-16(17(14)31-13-32-20(28)29-5)18(26)25-9-11-30-12-15(25)23-19(27)34-21(2,3)4/h6-8,15H,1,9-13H2,2-5H3,(H,22,24)(H,23,27). The zero-order valence-corrected chi connectivity index (χ0v) is 19.6. The number of nitrogens with zero attached hydrogens (tertiary/aromatic N) is 2. The number of aromatic nitrogens is 1. The Bertz CT molecular complexity index is 939. The molecule has 1 fully saturated rings. The Morgan fingerprint density at radius 3 is 2.82 bits per heavy atom. The molecule has 2 rings (SSSR count). The number of methoxy groups -OCH3 is 1. The quantitative estimate of drug-likeness (QED) is 0.185.